The van der Waals surface area contributed by atoms with Gasteiger partial charge in [0.15, 0.2) is 16.6 Å². The van der Waals surface area contributed by atoms with Crippen molar-refractivity contribution in [3.05, 3.63) is 6.33 Å². The molecule has 6 nitrogen and oxygen atoms in total. The number of nitrogens with two attached hydrogens (primary N) is 1. The van der Waals surface area contributed by atoms with Crippen LogP contribution in [-0.4, -0.2) is 36.5 Å². The maximum atomic E-state index is 9.04. The third-order valence-corrected chi connectivity index (χ3v) is 4.58. The van der Waals surface area contributed by atoms with Crippen LogP contribution in [0, 0.1) is 0 Å². The summed E-state index contributed by atoms with van der Waals surface area (Å²) in [6.45, 7) is 0.529. The molecular weight excluding hydrogens is 262 g/mol. The third-order valence-electron chi connectivity index (χ3n) is 3.39. The summed E-state index contributed by atoms with van der Waals surface area (Å²) in [5.41, 5.74) is 7.26. The van der Waals surface area contributed by atoms with Crippen LogP contribution in [0.25, 0.3) is 11.2 Å². The Morgan fingerprint density at radius 2 is 2.16 bits per heavy atom. The van der Waals surface area contributed by atoms with Gasteiger partial charge in [-0.3, -0.25) is 0 Å². The standard InChI is InChI=1S/C12H17N5OS/c13-10-9-11(17(5-6-18)7-14-9)16-12(15-10)19-8-3-1-2-4-8/h7-8,18H,1-6H2,(H2,13,15,16). The molecule has 1 aliphatic rings. The van der Waals surface area contributed by atoms with Gasteiger partial charge in [0.2, 0.25) is 0 Å². The maximum Gasteiger partial charge on any atom is 0.191 e. The van der Waals surface area contributed by atoms with E-state index in [1.54, 1.807) is 18.1 Å². The monoisotopic (exact) mass is 279 g/mol. The Bertz CT molecular complexity index is 579. The highest BCUT2D eigenvalue weighted by Gasteiger charge is 2.19. The van der Waals surface area contributed by atoms with Gasteiger partial charge in [-0.25, -0.2) is 15.0 Å². The smallest absolute Gasteiger partial charge is 0.191 e. The summed E-state index contributed by atoms with van der Waals surface area (Å²) in [5, 5.41) is 10.4. The Kier molecular flexibility index (Phi) is 3.56. The van der Waals surface area contributed by atoms with Crippen molar-refractivity contribution in [3.8, 4) is 0 Å². The quantitative estimate of drug-likeness (QED) is 0.823. The van der Waals surface area contributed by atoms with Crippen molar-refractivity contribution in [3.63, 3.8) is 0 Å². The maximum absolute atomic E-state index is 9.04. The molecule has 3 rings (SSSR count). The van der Waals surface area contributed by atoms with E-state index in [4.69, 9.17) is 10.8 Å². The number of nitrogens with zero attached hydrogens (tertiary/aromatic N) is 4. The molecule has 0 amide bonds. The van der Waals surface area contributed by atoms with Crippen molar-refractivity contribution in [2.24, 2.45) is 0 Å². The highest BCUT2D eigenvalue weighted by atomic mass is 32.2. The van der Waals surface area contributed by atoms with E-state index < -0.39 is 0 Å². The SMILES string of the molecule is Nc1nc(SC2CCCC2)nc2c1ncn2CCO. The van der Waals surface area contributed by atoms with Gasteiger partial charge in [0.1, 0.15) is 5.52 Å². The minimum atomic E-state index is 0.0560. The Labute approximate surface area is 115 Å². The Balaban J connectivity index is 1.93. The normalized spacial score (nSPS) is 16.5. The van der Waals surface area contributed by atoms with Crippen molar-refractivity contribution in [2.75, 3.05) is 12.3 Å². The predicted molar refractivity (Wildman–Crippen MR) is 74.9 cm³/mol. The number of imidazole rings is 1. The second-order valence-corrected chi connectivity index (χ2v) is 6.02. The Morgan fingerprint density at radius 1 is 1.37 bits per heavy atom. The molecule has 0 atom stereocenters. The van der Waals surface area contributed by atoms with Gasteiger partial charge >= 0.3 is 0 Å². The van der Waals surface area contributed by atoms with E-state index in [0.29, 0.717) is 28.8 Å². The molecule has 1 fully saturated rings. The van der Waals surface area contributed by atoms with E-state index in [0.717, 1.165) is 5.16 Å². The second-order valence-electron chi connectivity index (χ2n) is 4.75. The lowest BCUT2D eigenvalue weighted by molar-refractivity contribution is 0.277. The van der Waals surface area contributed by atoms with Gasteiger partial charge in [-0.05, 0) is 12.8 Å². The third kappa shape index (κ3) is 2.52. The fourth-order valence-electron chi connectivity index (χ4n) is 2.42. The number of aliphatic hydroxyl groups excluding tert-OH is 1. The van der Waals surface area contributed by atoms with Crippen LogP contribution in [0.1, 0.15) is 25.7 Å². The molecule has 1 saturated carbocycles. The molecule has 1 aliphatic carbocycles. The van der Waals surface area contributed by atoms with Crippen LogP contribution in [-0.2, 0) is 6.54 Å². The first-order valence-corrected chi connectivity index (χ1v) is 7.42. The number of nitrogen functional groups attached to an aromatic ring is 1. The van der Waals surface area contributed by atoms with Crippen molar-refractivity contribution in [1.82, 2.24) is 19.5 Å². The first kappa shape index (κ1) is 12.7. The zero-order valence-electron chi connectivity index (χ0n) is 10.6. The Hall–Kier alpha value is -1.34. The summed E-state index contributed by atoms with van der Waals surface area (Å²) in [7, 11) is 0. The van der Waals surface area contributed by atoms with E-state index >= 15 is 0 Å². The van der Waals surface area contributed by atoms with E-state index in [2.05, 4.69) is 15.0 Å². The number of aliphatic hydroxyl groups is 1. The first-order chi connectivity index (χ1) is 9.28. The zero-order valence-corrected chi connectivity index (χ0v) is 11.4. The van der Waals surface area contributed by atoms with Gasteiger partial charge in [-0.1, -0.05) is 24.6 Å². The predicted octanol–water partition coefficient (Wildman–Crippen LogP) is 1.44. The van der Waals surface area contributed by atoms with Gasteiger partial charge in [0, 0.05) is 11.8 Å². The van der Waals surface area contributed by atoms with Gasteiger partial charge in [-0.15, -0.1) is 0 Å². The molecule has 0 saturated heterocycles. The lowest BCUT2D eigenvalue weighted by atomic mass is 10.4. The summed E-state index contributed by atoms with van der Waals surface area (Å²) >= 11 is 1.70. The van der Waals surface area contributed by atoms with E-state index in [1.165, 1.54) is 25.7 Å². The lowest BCUT2D eigenvalue weighted by Crippen LogP contribution is -2.05. The van der Waals surface area contributed by atoms with Crippen LogP contribution < -0.4 is 5.73 Å². The molecule has 0 spiro atoms. The molecule has 0 aromatic carbocycles. The number of anilines is 1. The van der Waals surface area contributed by atoms with Crippen LogP contribution in [0.15, 0.2) is 11.5 Å². The number of hydrogen-bond donors (Lipinski definition) is 2. The van der Waals surface area contributed by atoms with Gasteiger partial charge in [0.05, 0.1) is 12.9 Å². The minimum absolute atomic E-state index is 0.0560. The van der Waals surface area contributed by atoms with Crippen molar-refractivity contribution in [1.29, 1.82) is 0 Å². The van der Waals surface area contributed by atoms with E-state index in [-0.39, 0.29) is 6.61 Å². The van der Waals surface area contributed by atoms with E-state index in [1.807, 2.05) is 4.57 Å². The van der Waals surface area contributed by atoms with Gasteiger partial charge < -0.3 is 15.4 Å². The number of rotatable bonds is 4. The average Bonchev–Trinajstić information content (AvgIpc) is 3.01. The molecule has 7 heteroatoms. The summed E-state index contributed by atoms with van der Waals surface area (Å²) in [6.07, 6.45) is 6.68. The van der Waals surface area contributed by atoms with Crippen molar-refractivity contribution >= 4 is 28.7 Å². The highest BCUT2D eigenvalue weighted by Crippen LogP contribution is 2.34. The Morgan fingerprint density at radius 3 is 2.89 bits per heavy atom. The van der Waals surface area contributed by atoms with Gasteiger partial charge in [-0.2, -0.15) is 0 Å². The van der Waals surface area contributed by atoms with Crippen molar-refractivity contribution in [2.45, 2.75) is 42.6 Å². The van der Waals surface area contributed by atoms with Gasteiger partial charge in [0.25, 0.3) is 0 Å². The van der Waals surface area contributed by atoms with E-state index in [9.17, 15) is 0 Å². The summed E-state index contributed by atoms with van der Waals surface area (Å²) < 4.78 is 1.81. The molecule has 2 heterocycles. The fourth-order valence-corrected chi connectivity index (χ4v) is 3.58. The molecular formula is C12H17N5OS. The first-order valence-electron chi connectivity index (χ1n) is 6.54. The number of fused-ring (bicyclic) bond motifs is 1. The molecule has 2 aromatic heterocycles. The van der Waals surface area contributed by atoms with Crippen LogP contribution >= 0.6 is 11.8 Å². The number of aromatic nitrogens is 4. The molecule has 102 valence electrons. The number of thioether (sulfide) groups is 1. The molecule has 2 aromatic rings. The highest BCUT2D eigenvalue weighted by molar-refractivity contribution is 7.99. The molecule has 0 aliphatic heterocycles. The lowest BCUT2D eigenvalue weighted by Gasteiger charge is -2.08. The molecule has 19 heavy (non-hydrogen) atoms. The van der Waals surface area contributed by atoms with Crippen molar-refractivity contribution < 1.29 is 5.11 Å². The van der Waals surface area contributed by atoms with Crippen LogP contribution in [0.3, 0.4) is 0 Å². The minimum Gasteiger partial charge on any atom is -0.395 e. The fraction of sp³-hybridized carbons (Fsp3) is 0.583. The summed E-state index contributed by atoms with van der Waals surface area (Å²) in [4.78, 5) is 13.1. The summed E-state index contributed by atoms with van der Waals surface area (Å²) in [6, 6.07) is 0. The summed E-state index contributed by atoms with van der Waals surface area (Å²) in [5.74, 6) is 0.419. The zero-order chi connectivity index (χ0) is 13.2. The second kappa shape index (κ2) is 5.34. The van der Waals surface area contributed by atoms with Crippen LogP contribution in [0.5, 0.6) is 0 Å². The molecule has 0 unspecified atom stereocenters. The largest absolute Gasteiger partial charge is 0.395 e. The number of hydrogen-bond acceptors (Lipinski definition) is 6. The molecule has 0 radical (unpaired) electrons. The van der Waals surface area contributed by atoms with Crippen LogP contribution in [0.4, 0.5) is 5.82 Å². The topological polar surface area (TPSA) is 89.9 Å². The molecule has 3 N–H and O–H groups in total. The molecule has 0 bridgehead atoms. The van der Waals surface area contributed by atoms with Crippen LogP contribution in [0.2, 0.25) is 0 Å². The average molecular weight is 279 g/mol.